The number of esters is 1. The van der Waals surface area contributed by atoms with Crippen LogP contribution in [0, 0.1) is 3.57 Å². The van der Waals surface area contributed by atoms with Gasteiger partial charge in [0.2, 0.25) is 0 Å². The Morgan fingerprint density at radius 2 is 1.64 bits per heavy atom. The Kier molecular flexibility index (Phi) is 5.91. The monoisotopic (exact) mass is 506 g/mol. The Hall–Kier alpha value is -1.29. The summed E-state index contributed by atoms with van der Waals surface area (Å²) in [6, 6.07) is 2.63. The van der Waals surface area contributed by atoms with Crippen LogP contribution in [0.1, 0.15) is 10.4 Å². The van der Waals surface area contributed by atoms with Crippen LogP contribution in [0.2, 0.25) is 0 Å². The highest BCUT2D eigenvalue weighted by atomic mass is 127. The van der Waals surface area contributed by atoms with Crippen molar-refractivity contribution in [2.45, 2.75) is 18.0 Å². The van der Waals surface area contributed by atoms with Crippen molar-refractivity contribution >= 4 is 44.4 Å². The van der Waals surface area contributed by atoms with Gasteiger partial charge in [0.15, 0.2) is 0 Å². The molecule has 0 unspecified atom stereocenters. The number of alkyl halides is 6. The third-order valence-corrected chi connectivity index (χ3v) is 4.49. The molecule has 0 saturated carbocycles. The lowest BCUT2D eigenvalue weighted by atomic mass is 10.1. The molecule has 1 rings (SSSR count). The van der Waals surface area contributed by atoms with Crippen LogP contribution in [0.5, 0.6) is 0 Å². The highest BCUT2D eigenvalue weighted by Crippen LogP contribution is 2.47. The molecular weight excluding hydrogens is 499 g/mol. The molecule has 0 amide bonds. The van der Waals surface area contributed by atoms with E-state index < -0.39 is 45.4 Å². The second-order valence-corrected chi connectivity index (χ2v) is 7.22. The summed E-state index contributed by atoms with van der Waals surface area (Å²) in [4.78, 5) is 11.7. The van der Waals surface area contributed by atoms with Crippen LogP contribution in [0.4, 0.5) is 32.0 Å². The van der Waals surface area contributed by atoms with Crippen molar-refractivity contribution in [3.63, 3.8) is 0 Å². The Bertz CT molecular complexity index is 762. The fraction of sp³-hybridized carbons (Fsp3) is 0.364. The molecule has 0 fully saturated rings. The summed E-state index contributed by atoms with van der Waals surface area (Å²) in [6.45, 7) is 0. The molecule has 0 bridgehead atoms. The van der Waals surface area contributed by atoms with E-state index in [0.29, 0.717) is 0 Å². The molecule has 1 aromatic rings. The molecule has 142 valence electrons. The maximum Gasteiger partial charge on any atom is 0.438 e. The fourth-order valence-electron chi connectivity index (χ4n) is 1.59. The van der Waals surface area contributed by atoms with Crippen molar-refractivity contribution in [1.29, 1.82) is 0 Å². The lowest BCUT2D eigenvalue weighted by Crippen LogP contribution is -2.63. The van der Waals surface area contributed by atoms with Gasteiger partial charge in [0.25, 0.3) is 0 Å². The number of nitrogen functional groups attached to an aromatic ring is 1. The Balaban J connectivity index is 3.46. The molecule has 0 aromatic heterocycles. The molecule has 2 N–H and O–H groups in total. The Morgan fingerprint density at radius 1 is 1.16 bits per heavy atom. The lowest BCUT2D eigenvalue weighted by molar-refractivity contribution is -0.356. The van der Waals surface area contributed by atoms with Crippen LogP contribution in [0.25, 0.3) is 0 Å². The molecule has 0 aliphatic heterocycles. The van der Waals surface area contributed by atoms with Gasteiger partial charge in [0, 0.05) is 9.26 Å². The average molecular weight is 506 g/mol. The molecule has 25 heavy (non-hydrogen) atoms. The minimum absolute atomic E-state index is 0.0807. The van der Waals surface area contributed by atoms with Crippen LogP contribution in [0.3, 0.4) is 0 Å². The zero-order valence-electron chi connectivity index (χ0n) is 11.6. The predicted molar refractivity (Wildman–Crippen MR) is 78.4 cm³/mol. The van der Waals surface area contributed by atoms with Gasteiger partial charge in [0.05, 0.1) is 21.4 Å². The minimum atomic E-state index is -6.42. The Morgan fingerprint density at radius 3 is 2.00 bits per heavy atom. The van der Waals surface area contributed by atoms with E-state index >= 15 is 0 Å². The summed E-state index contributed by atoms with van der Waals surface area (Å²) in [7, 11) is -6.08. The number of carbonyl (C=O) groups excluding carboxylic acids is 1. The summed E-state index contributed by atoms with van der Waals surface area (Å²) in [6.07, 6.45) is -12.8. The van der Waals surface area contributed by atoms with E-state index in [-0.39, 0.29) is 9.26 Å². The number of hydrogen-bond acceptors (Lipinski definition) is 6. The molecule has 0 saturated heterocycles. The zero-order chi connectivity index (χ0) is 19.8. The molecule has 0 radical (unpaired) electrons. The first-order valence-electron chi connectivity index (χ1n) is 5.85. The summed E-state index contributed by atoms with van der Waals surface area (Å²) < 4.78 is 113. The summed E-state index contributed by atoms with van der Waals surface area (Å²) >= 11 is 1.55. The van der Waals surface area contributed by atoms with E-state index in [0.717, 1.165) is 18.2 Å². The highest BCUT2D eigenvalue weighted by molar-refractivity contribution is 14.1. The number of carbonyl (C=O) groups is 1. The van der Waals surface area contributed by atoms with Gasteiger partial charge < -0.3 is 15.0 Å². The zero-order valence-corrected chi connectivity index (χ0v) is 14.6. The molecule has 0 aliphatic rings. The largest absolute Gasteiger partial charge is 0.748 e. The van der Waals surface area contributed by atoms with E-state index in [1.807, 2.05) is 0 Å². The normalized spacial score (nSPS) is 13.6. The Labute approximate surface area is 150 Å². The number of anilines is 1. The first kappa shape index (κ1) is 21.8. The quantitative estimate of drug-likeness (QED) is 0.221. The first-order chi connectivity index (χ1) is 11.0. The average Bonchev–Trinajstić information content (AvgIpc) is 2.36. The minimum Gasteiger partial charge on any atom is -0.748 e. The number of nitrogens with two attached hydrogens (primary N) is 1. The van der Waals surface area contributed by atoms with E-state index in [9.17, 15) is 44.1 Å². The number of rotatable bonds is 4. The number of hydrogen-bond donors (Lipinski definition) is 1. The van der Waals surface area contributed by atoms with Gasteiger partial charge in [-0.2, -0.15) is 26.3 Å². The van der Waals surface area contributed by atoms with Crippen LogP contribution < -0.4 is 5.73 Å². The molecular formula is C11H7F6INO5S-. The third kappa shape index (κ3) is 4.87. The second-order valence-electron chi connectivity index (χ2n) is 4.65. The molecule has 0 atom stereocenters. The standard InChI is InChI=1S/C11H8F6INO5S/c12-10(13,14)9(11(15,16)17,4-25(21,22)23)24-8(20)5-1-2-7(19)6(18)3-5/h1-3H,4,19H2,(H,21,22,23)/p-1. The van der Waals surface area contributed by atoms with Crippen molar-refractivity contribution in [1.82, 2.24) is 0 Å². The number of ether oxygens (including phenoxy) is 1. The van der Waals surface area contributed by atoms with Gasteiger partial charge in [-0.3, -0.25) is 0 Å². The molecule has 6 nitrogen and oxygen atoms in total. The van der Waals surface area contributed by atoms with Crippen LogP contribution >= 0.6 is 22.6 Å². The van der Waals surface area contributed by atoms with Gasteiger partial charge in [-0.25, -0.2) is 13.2 Å². The molecule has 0 spiro atoms. The summed E-state index contributed by atoms with van der Waals surface area (Å²) in [5.41, 5.74) is -0.781. The van der Waals surface area contributed by atoms with Gasteiger partial charge >= 0.3 is 23.9 Å². The maximum absolute atomic E-state index is 13.0. The van der Waals surface area contributed by atoms with E-state index in [2.05, 4.69) is 4.74 Å². The van der Waals surface area contributed by atoms with Crippen molar-refractivity contribution in [3.8, 4) is 0 Å². The number of benzene rings is 1. The van der Waals surface area contributed by atoms with E-state index in [1.165, 1.54) is 0 Å². The predicted octanol–water partition coefficient (Wildman–Crippen LogP) is 2.44. The summed E-state index contributed by atoms with van der Waals surface area (Å²) in [5.74, 6) is -5.18. The molecule has 0 aliphatic carbocycles. The smallest absolute Gasteiger partial charge is 0.438 e. The van der Waals surface area contributed by atoms with Gasteiger partial charge in [0.1, 0.15) is 0 Å². The van der Waals surface area contributed by atoms with E-state index in [1.54, 1.807) is 22.6 Å². The summed E-state index contributed by atoms with van der Waals surface area (Å²) in [5, 5.41) is 0. The van der Waals surface area contributed by atoms with Crippen molar-refractivity contribution in [2.75, 3.05) is 11.5 Å². The topological polar surface area (TPSA) is 110 Å². The van der Waals surface area contributed by atoms with Crippen molar-refractivity contribution < 1.29 is 48.8 Å². The number of halogens is 7. The van der Waals surface area contributed by atoms with Crippen molar-refractivity contribution in [3.05, 3.63) is 27.3 Å². The third-order valence-electron chi connectivity index (χ3n) is 2.80. The molecule has 0 heterocycles. The lowest BCUT2D eigenvalue weighted by Gasteiger charge is -2.36. The van der Waals surface area contributed by atoms with Gasteiger partial charge in [-0.05, 0) is 40.8 Å². The van der Waals surface area contributed by atoms with Crippen LogP contribution in [-0.2, 0) is 14.9 Å². The molecule has 14 heteroatoms. The van der Waals surface area contributed by atoms with Crippen LogP contribution in [0.15, 0.2) is 18.2 Å². The first-order valence-corrected chi connectivity index (χ1v) is 8.51. The van der Waals surface area contributed by atoms with E-state index in [4.69, 9.17) is 5.73 Å². The molecule has 1 aromatic carbocycles. The fourth-order valence-corrected chi connectivity index (χ4v) is 2.99. The van der Waals surface area contributed by atoms with Gasteiger partial charge in [-0.15, -0.1) is 0 Å². The second kappa shape index (κ2) is 6.79. The SMILES string of the molecule is Nc1ccc(C(=O)OC(CS(=O)(=O)[O-])(C(F)(F)F)C(F)(F)F)cc1I. The highest BCUT2D eigenvalue weighted by Gasteiger charge is 2.75. The maximum atomic E-state index is 13.0. The van der Waals surface area contributed by atoms with Crippen molar-refractivity contribution in [2.24, 2.45) is 0 Å². The van der Waals surface area contributed by atoms with Gasteiger partial charge in [-0.1, -0.05) is 0 Å². The van der Waals surface area contributed by atoms with Crippen LogP contribution in [-0.4, -0.2) is 42.6 Å².